The van der Waals surface area contributed by atoms with Gasteiger partial charge in [0.2, 0.25) is 5.91 Å². The van der Waals surface area contributed by atoms with E-state index in [0.717, 1.165) is 16.8 Å². The van der Waals surface area contributed by atoms with E-state index in [1.807, 2.05) is 33.8 Å². The van der Waals surface area contributed by atoms with Crippen molar-refractivity contribution in [2.45, 2.75) is 52.1 Å². The van der Waals surface area contributed by atoms with Crippen molar-refractivity contribution in [2.24, 2.45) is 0 Å². The SMILES string of the molecule is C[C@@H]1CC(=O)Nc2ncnc(C3=CCN(C(=O)OC(C)(C)C)CC3)c21. The van der Waals surface area contributed by atoms with Gasteiger partial charge in [-0.2, -0.15) is 0 Å². The van der Waals surface area contributed by atoms with E-state index in [2.05, 4.69) is 15.3 Å². The summed E-state index contributed by atoms with van der Waals surface area (Å²) in [4.78, 5) is 34.2. The Balaban J connectivity index is 1.80. The van der Waals surface area contributed by atoms with Crippen molar-refractivity contribution in [3.63, 3.8) is 0 Å². The average molecular weight is 344 g/mol. The maximum Gasteiger partial charge on any atom is 0.410 e. The lowest BCUT2D eigenvalue weighted by atomic mass is 9.89. The Morgan fingerprint density at radius 2 is 2.12 bits per heavy atom. The summed E-state index contributed by atoms with van der Waals surface area (Å²) in [6, 6.07) is 0. The Morgan fingerprint density at radius 1 is 1.36 bits per heavy atom. The summed E-state index contributed by atoms with van der Waals surface area (Å²) < 4.78 is 5.42. The summed E-state index contributed by atoms with van der Waals surface area (Å²) in [6.07, 6.45) is 4.33. The van der Waals surface area contributed by atoms with Crippen LogP contribution < -0.4 is 5.32 Å². The number of anilines is 1. The van der Waals surface area contributed by atoms with Crippen molar-refractivity contribution >= 4 is 23.4 Å². The minimum atomic E-state index is -0.500. The van der Waals surface area contributed by atoms with Gasteiger partial charge in [-0.1, -0.05) is 13.0 Å². The molecule has 2 aliphatic heterocycles. The number of nitrogens with zero attached hydrogens (tertiary/aromatic N) is 3. The molecule has 2 amide bonds. The summed E-state index contributed by atoms with van der Waals surface area (Å²) in [7, 11) is 0. The van der Waals surface area contributed by atoms with Crippen LogP contribution in [0, 0.1) is 0 Å². The molecule has 7 nitrogen and oxygen atoms in total. The highest BCUT2D eigenvalue weighted by atomic mass is 16.6. The number of carbonyl (C=O) groups is 2. The quantitative estimate of drug-likeness (QED) is 0.847. The molecule has 0 aromatic carbocycles. The fraction of sp³-hybridized carbons (Fsp3) is 0.556. The summed E-state index contributed by atoms with van der Waals surface area (Å²) >= 11 is 0. The van der Waals surface area contributed by atoms with Crippen molar-refractivity contribution in [3.05, 3.63) is 23.7 Å². The summed E-state index contributed by atoms with van der Waals surface area (Å²) in [5.74, 6) is 0.660. The molecular formula is C18H24N4O3. The predicted molar refractivity (Wildman–Crippen MR) is 94.1 cm³/mol. The molecule has 0 bridgehead atoms. The topological polar surface area (TPSA) is 84.4 Å². The van der Waals surface area contributed by atoms with E-state index in [1.165, 1.54) is 6.33 Å². The molecule has 1 N–H and O–H groups in total. The first-order chi connectivity index (χ1) is 11.7. The van der Waals surface area contributed by atoms with E-state index in [1.54, 1.807) is 4.90 Å². The molecule has 25 heavy (non-hydrogen) atoms. The number of ether oxygens (including phenoxy) is 1. The van der Waals surface area contributed by atoms with Gasteiger partial charge in [0.25, 0.3) is 0 Å². The first-order valence-corrected chi connectivity index (χ1v) is 8.56. The third kappa shape index (κ3) is 3.81. The molecule has 0 aliphatic carbocycles. The summed E-state index contributed by atoms with van der Waals surface area (Å²) in [5, 5.41) is 2.82. The van der Waals surface area contributed by atoms with E-state index in [0.29, 0.717) is 31.7 Å². The molecule has 1 aromatic heterocycles. The third-order valence-corrected chi connectivity index (χ3v) is 4.29. The number of carbonyl (C=O) groups excluding carboxylic acids is 2. The van der Waals surface area contributed by atoms with Crippen LogP contribution in [0.5, 0.6) is 0 Å². The second-order valence-corrected chi connectivity index (χ2v) is 7.54. The van der Waals surface area contributed by atoms with E-state index < -0.39 is 5.60 Å². The number of amides is 2. The highest BCUT2D eigenvalue weighted by molar-refractivity contribution is 5.94. The van der Waals surface area contributed by atoms with Crippen LogP contribution in [0.2, 0.25) is 0 Å². The van der Waals surface area contributed by atoms with Crippen LogP contribution >= 0.6 is 0 Å². The average Bonchev–Trinajstić information content (AvgIpc) is 2.52. The van der Waals surface area contributed by atoms with Gasteiger partial charge in [-0.3, -0.25) is 4.79 Å². The number of fused-ring (bicyclic) bond motifs is 1. The number of aromatic nitrogens is 2. The molecule has 0 saturated heterocycles. The van der Waals surface area contributed by atoms with Gasteiger partial charge in [0.05, 0.1) is 5.69 Å². The Bertz CT molecular complexity index is 736. The lowest BCUT2D eigenvalue weighted by Crippen LogP contribution is -2.39. The van der Waals surface area contributed by atoms with Crippen molar-refractivity contribution in [1.29, 1.82) is 0 Å². The maximum absolute atomic E-state index is 12.2. The van der Waals surface area contributed by atoms with Crippen LogP contribution in [0.15, 0.2) is 12.4 Å². The first kappa shape index (κ1) is 17.4. The predicted octanol–water partition coefficient (Wildman–Crippen LogP) is 2.95. The molecule has 134 valence electrons. The zero-order valence-electron chi connectivity index (χ0n) is 15.1. The zero-order chi connectivity index (χ0) is 18.2. The van der Waals surface area contributed by atoms with Gasteiger partial charge in [-0.15, -0.1) is 0 Å². The minimum Gasteiger partial charge on any atom is -0.444 e. The van der Waals surface area contributed by atoms with Crippen LogP contribution in [0.4, 0.5) is 10.6 Å². The minimum absolute atomic E-state index is 0.0154. The van der Waals surface area contributed by atoms with Gasteiger partial charge >= 0.3 is 6.09 Å². The number of hydrogen-bond acceptors (Lipinski definition) is 5. The van der Waals surface area contributed by atoms with Crippen molar-refractivity contribution in [2.75, 3.05) is 18.4 Å². The Morgan fingerprint density at radius 3 is 2.76 bits per heavy atom. The molecule has 1 atom stereocenters. The summed E-state index contributed by atoms with van der Waals surface area (Å²) in [6.45, 7) is 8.67. The second-order valence-electron chi connectivity index (χ2n) is 7.54. The van der Waals surface area contributed by atoms with E-state index in [9.17, 15) is 9.59 Å². The van der Waals surface area contributed by atoms with Crippen LogP contribution in [-0.4, -0.2) is 45.6 Å². The van der Waals surface area contributed by atoms with Crippen LogP contribution in [0.3, 0.4) is 0 Å². The highest BCUT2D eigenvalue weighted by Crippen LogP contribution is 2.36. The fourth-order valence-electron chi connectivity index (χ4n) is 3.16. The standard InChI is InChI=1S/C18H24N4O3/c1-11-9-13(23)21-16-14(11)15(19-10-20-16)12-5-7-22(8-6-12)17(24)25-18(2,3)4/h5,10-11H,6-9H2,1-4H3,(H,19,20,21,23)/t11-/m1/s1. The van der Waals surface area contributed by atoms with E-state index in [4.69, 9.17) is 4.74 Å². The molecule has 0 saturated carbocycles. The molecule has 2 aliphatic rings. The molecule has 0 spiro atoms. The highest BCUT2D eigenvalue weighted by Gasteiger charge is 2.29. The fourth-order valence-corrected chi connectivity index (χ4v) is 3.16. The van der Waals surface area contributed by atoms with Crippen molar-refractivity contribution in [1.82, 2.24) is 14.9 Å². The molecule has 1 aromatic rings. The van der Waals surface area contributed by atoms with E-state index >= 15 is 0 Å². The van der Waals surface area contributed by atoms with Gasteiger partial charge in [0, 0.05) is 25.1 Å². The van der Waals surface area contributed by atoms with Gasteiger partial charge < -0.3 is 15.0 Å². The summed E-state index contributed by atoms with van der Waals surface area (Å²) in [5.41, 5.74) is 2.45. The molecule has 0 fully saturated rings. The molecule has 3 rings (SSSR count). The van der Waals surface area contributed by atoms with Crippen LogP contribution in [-0.2, 0) is 9.53 Å². The maximum atomic E-state index is 12.2. The van der Waals surface area contributed by atoms with Gasteiger partial charge in [0.1, 0.15) is 17.7 Å². The number of hydrogen-bond donors (Lipinski definition) is 1. The van der Waals surface area contributed by atoms with Crippen LogP contribution in [0.1, 0.15) is 57.7 Å². The van der Waals surface area contributed by atoms with Gasteiger partial charge in [-0.05, 0) is 38.7 Å². The number of rotatable bonds is 1. The monoisotopic (exact) mass is 344 g/mol. The molecular weight excluding hydrogens is 320 g/mol. The molecule has 7 heteroatoms. The second kappa shape index (κ2) is 6.46. The first-order valence-electron chi connectivity index (χ1n) is 8.56. The molecule has 0 unspecified atom stereocenters. The Hall–Kier alpha value is -2.44. The third-order valence-electron chi connectivity index (χ3n) is 4.29. The van der Waals surface area contributed by atoms with E-state index in [-0.39, 0.29) is 17.9 Å². The largest absolute Gasteiger partial charge is 0.444 e. The smallest absolute Gasteiger partial charge is 0.410 e. The lowest BCUT2D eigenvalue weighted by Gasteiger charge is -2.30. The number of nitrogens with one attached hydrogen (secondary N) is 1. The Kier molecular flexibility index (Phi) is 4.49. The lowest BCUT2D eigenvalue weighted by molar-refractivity contribution is -0.116. The van der Waals surface area contributed by atoms with Gasteiger partial charge in [-0.25, -0.2) is 14.8 Å². The van der Waals surface area contributed by atoms with Crippen molar-refractivity contribution < 1.29 is 14.3 Å². The molecule has 0 radical (unpaired) electrons. The van der Waals surface area contributed by atoms with Gasteiger partial charge in [0.15, 0.2) is 0 Å². The zero-order valence-corrected chi connectivity index (χ0v) is 15.1. The van der Waals surface area contributed by atoms with Crippen molar-refractivity contribution in [3.8, 4) is 0 Å². The normalized spacial score (nSPS) is 20.5. The van der Waals surface area contributed by atoms with Crippen LogP contribution in [0.25, 0.3) is 5.57 Å². The Labute approximate surface area is 147 Å². The molecule has 3 heterocycles.